The maximum Gasteiger partial charge on any atom is 0.339 e. The Morgan fingerprint density at radius 3 is 2.50 bits per heavy atom. The Kier molecular flexibility index (Phi) is 3.13. The minimum atomic E-state index is -0.333. The molecule has 0 amide bonds. The van der Waals surface area contributed by atoms with Gasteiger partial charge in [0, 0.05) is 10.9 Å². The monoisotopic (exact) mass is 248 g/mol. The fourth-order valence-corrected chi connectivity index (χ4v) is 2.08. The van der Waals surface area contributed by atoms with E-state index in [4.69, 9.17) is 4.42 Å². The third-order valence-corrected chi connectivity index (χ3v) is 3.23. The van der Waals surface area contributed by atoms with Crippen LogP contribution in [0.25, 0.3) is 11.0 Å². The number of hydrogen-bond donors (Lipinski definition) is 2. The van der Waals surface area contributed by atoms with E-state index in [0.717, 1.165) is 15.8 Å². The second-order valence-electron chi connectivity index (χ2n) is 4.96. The van der Waals surface area contributed by atoms with Gasteiger partial charge < -0.3 is 14.4 Å². The zero-order chi connectivity index (χ0) is 13.4. The van der Waals surface area contributed by atoms with Crippen LogP contribution in [-0.4, -0.2) is 19.2 Å². The first-order valence-electron chi connectivity index (χ1n) is 5.95. The fraction of sp³-hybridized carbons (Fsp3) is 0.357. The number of quaternary nitrogens is 1. The van der Waals surface area contributed by atoms with E-state index < -0.39 is 0 Å². The van der Waals surface area contributed by atoms with Crippen LogP contribution >= 0.6 is 0 Å². The predicted octanol–water partition coefficient (Wildman–Crippen LogP) is 0.760. The highest BCUT2D eigenvalue weighted by atomic mass is 16.4. The van der Waals surface area contributed by atoms with Crippen LogP contribution in [-0.2, 0) is 6.54 Å². The van der Waals surface area contributed by atoms with Crippen LogP contribution in [0, 0.1) is 13.8 Å². The van der Waals surface area contributed by atoms with Gasteiger partial charge >= 0.3 is 5.63 Å². The number of aromatic hydroxyl groups is 1. The van der Waals surface area contributed by atoms with E-state index in [1.807, 2.05) is 21.0 Å². The summed E-state index contributed by atoms with van der Waals surface area (Å²) in [6.07, 6.45) is 0. The van der Waals surface area contributed by atoms with E-state index in [1.54, 1.807) is 19.1 Å². The quantitative estimate of drug-likeness (QED) is 0.771. The normalized spacial score (nSPS) is 11.4. The molecular formula is C14H18NO3+. The first kappa shape index (κ1) is 12.6. The van der Waals surface area contributed by atoms with Gasteiger partial charge in [0.2, 0.25) is 0 Å². The Morgan fingerprint density at radius 2 is 1.89 bits per heavy atom. The first-order valence-corrected chi connectivity index (χ1v) is 5.95. The van der Waals surface area contributed by atoms with Crippen molar-refractivity contribution in [2.45, 2.75) is 20.4 Å². The van der Waals surface area contributed by atoms with E-state index in [1.165, 1.54) is 0 Å². The summed E-state index contributed by atoms with van der Waals surface area (Å²) >= 11 is 0. The van der Waals surface area contributed by atoms with Crippen molar-refractivity contribution in [1.82, 2.24) is 0 Å². The number of phenolic OH excluding ortho intramolecular Hbond substituents is 1. The molecule has 0 unspecified atom stereocenters. The molecule has 0 bridgehead atoms. The second-order valence-corrected chi connectivity index (χ2v) is 4.96. The molecule has 0 atom stereocenters. The van der Waals surface area contributed by atoms with Crippen LogP contribution in [0.2, 0.25) is 0 Å². The molecule has 18 heavy (non-hydrogen) atoms. The third kappa shape index (κ3) is 1.99. The van der Waals surface area contributed by atoms with Crippen molar-refractivity contribution >= 4 is 11.0 Å². The largest absolute Gasteiger partial charge is 0.507 e. The molecule has 1 aromatic carbocycles. The van der Waals surface area contributed by atoms with Crippen LogP contribution in [0.15, 0.2) is 21.3 Å². The topological polar surface area (TPSA) is 54.9 Å². The molecule has 4 heteroatoms. The smallest absolute Gasteiger partial charge is 0.339 e. The Labute approximate surface area is 105 Å². The van der Waals surface area contributed by atoms with Crippen molar-refractivity contribution in [1.29, 1.82) is 0 Å². The van der Waals surface area contributed by atoms with Crippen LogP contribution in [0.5, 0.6) is 5.75 Å². The number of aryl methyl sites for hydroxylation is 1. The molecule has 1 aromatic heterocycles. The van der Waals surface area contributed by atoms with Crippen molar-refractivity contribution in [2.24, 2.45) is 0 Å². The van der Waals surface area contributed by atoms with E-state index in [-0.39, 0.29) is 11.4 Å². The number of benzene rings is 1. The van der Waals surface area contributed by atoms with Crippen LogP contribution in [0.3, 0.4) is 0 Å². The van der Waals surface area contributed by atoms with Gasteiger partial charge in [0.15, 0.2) is 5.58 Å². The van der Waals surface area contributed by atoms with Gasteiger partial charge in [-0.2, -0.15) is 0 Å². The molecular weight excluding hydrogens is 230 g/mol. The Hall–Kier alpha value is -1.81. The van der Waals surface area contributed by atoms with Gasteiger partial charge in [0.05, 0.1) is 19.7 Å². The fourth-order valence-electron chi connectivity index (χ4n) is 2.08. The summed E-state index contributed by atoms with van der Waals surface area (Å²) in [5.74, 6) is 0.176. The molecule has 0 spiro atoms. The van der Waals surface area contributed by atoms with Gasteiger partial charge in [0.25, 0.3) is 0 Å². The highest BCUT2D eigenvalue weighted by Gasteiger charge is 2.16. The lowest BCUT2D eigenvalue weighted by Gasteiger charge is -2.12. The van der Waals surface area contributed by atoms with Crippen LogP contribution in [0.4, 0.5) is 0 Å². The van der Waals surface area contributed by atoms with E-state index in [0.29, 0.717) is 23.3 Å². The third-order valence-electron chi connectivity index (χ3n) is 3.23. The number of hydrogen-bond acceptors (Lipinski definition) is 3. The predicted molar refractivity (Wildman–Crippen MR) is 70.1 cm³/mol. The number of nitrogens with one attached hydrogen (secondary N) is 1. The van der Waals surface area contributed by atoms with Gasteiger partial charge in [-0.25, -0.2) is 4.79 Å². The summed E-state index contributed by atoms with van der Waals surface area (Å²) < 4.78 is 5.36. The summed E-state index contributed by atoms with van der Waals surface area (Å²) in [7, 11) is 3.97. The maximum absolute atomic E-state index is 11.7. The molecule has 0 saturated heterocycles. The molecule has 0 radical (unpaired) electrons. The molecule has 0 aliphatic rings. The summed E-state index contributed by atoms with van der Waals surface area (Å²) in [6, 6.07) is 3.46. The molecule has 1 heterocycles. The standard InChI is InChI=1S/C14H17NO3/c1-8-9(2)14(17)18-13-10(8)5-6-12(16)11(13)7-15(3)4/h5-6,16H,7H2,1-4H3/p+1. The lowest BCUT2D eigenvalue weighted by atomic mass is 10.0. The molecule has 0 saturated carbocycles. The molecule has 96 valence electrons. The van der Waals surface area contributed by atoms with Gasteiger partial charge in [-0.05, 0) is 31.5 Å². The molecule has 0 fully saturated rings. The summed E-state index contributed by atoms with van der Waals surface area (Å²) in [5.41, 5.74) is 2.39. The van der Waals surface area contributed by atoms with Crippen LogP contribution < -0.4 is 10.5 Å². The minimum Gasteiger partial charge on any atom is -0.507 e. The zero-order valence-corrected chi connectivity index (χ0v) is 11.1. The summed E-state index contributed by atoms with van der Waals surface area (Å²) in [4.78, 5) is 12.9. The van der Waals surface area contributed by atoms with E-state index in [2.05, 4.69) is 0 Å². The lowest BCUT2D eigenvalue weighted by molar-refractivity contribution is -0.872. The van der Waals surface area contributed by atoms with Crippen molar-refractivity contribution in [3.05, 3.63) is 39.2 Å². The summed E-state index contributed by atoms with van der Waals surface area (Å²) in [6.45, 7) is 4.26. The second kappa shape index (κ2) is 4.46. The van der Waals surface area contributed by atoms with Crippen molar-refractivity contribution in [3.63, 3.8) is 0 Å². The zero-order valence-electron chi connectivity index (χ0n) is 11.1. The van der Waals surface area contributed by atoms with E-state index >= 15 is 0 Å². The molecule has 2 N–H and O–H groups in total. The van der Waals surface area contributed by atoms with Gasteiger partial charge in [0.1, 0.15) is 12.3 Å². The molecule has 4 nitrogen and oxygen atoms in total. The Morgan fingerprint density at radius 1 is 1.22 bits per heavy atom. The summed E-state index contributed by atoms with van der Waals surface area (Å²) in [5, 5.41) is 10.8. The van der Waals surface area contributed by atoms with Crippen molar-refractivity contribution < 1.29 is 14.4 Å². The molecule has 0 aliphatic heterocycles. The Bertz CT molecular complexity index is 656. The minimum absolute atomic E-state index is 0.176. The maximum atomic E-state index is 11.7. The highest BCUT2D eigenvalue weighted by molar-refractivity contribution is 5.85. The SMILES string of the molecule is Cc1c(C)c2ccc(O)c(C[NH+](C)C)c2oc1=O. The van der Waals surface area contributed by atoms with Crippen LogP contribution in [0.1, 0.15) is 16.7 Å². The average Bonchev–Trinajstić information content (AvgIpc) is 2.30. The van der Waals surface area contributed by atoms with Gasteiger partial charge in [-0.3, -0.25) is 0 Å². The molecule has 0 aliphatic carbocycles. The number of phenols is 1. The Balaban J connectivity index is 2.85. The molecule has 2 aromatic rings. The van der Waals surface area contributed by atoms with Gasteiger partial charge in [-0.15, -0.1) is 0 Å². The first-order chi connectivity index (χ1) is 8.41. The van der Waals surface area contributed by atoms with Gasteiger partial charge in [-0.1, -0.05) is 0 Å². The highest BCUT2D eigenvalue weighted by Crippen LogP contribution is 2.28. The molecule has 2 rings (SSSR count). The number of rotatable bonds is 2. The van der Waals surface area contributed by atoms with E-state index in [9.17, 15) is 9.90 Å². The lowest BCUT2D eigenvalue weighted by Crippen LogP contribution is -3.04. The van der Waals surface area contributed by atoms with Crippen molar-refractivity contribution in [2.75, 3.05) is 14.1 Å². The number of fused-ring (bicyclic) bond motifs is 1. The average molecular weight is 248 g/mol. The van der Waals surface area contributed by atoms with Crippen molar-refractivity contribution in [3.8, 4) is 5.75 Å².